The number of halogens is 1. The summed E-state index contributed by atoms with van der Waals surface area (Å²) in [5, 5.41) is 3.59. The molecule has 0 saturated carbocycles. The molecule has 174 valence electrons. The summed E-state index contributed by atoms with van der Waals surface area (Å²) >= 11 is 5.59. The van der Waals surface area contributed by atoms with Gasteiger partial charge in [-0.2, -0.15) is 0 Å². The van der Waals surface area contributed by atoms with Crippen LogP contribution in [-0.4, -0.2) is 64.2 Å². The Balaban J connectivity index is 2.17. The smallest absolute Gasteiger partial charge is 0.270 e. The molecule has 0 radical (unpaired) electrons. The average Bonchev–Trinajstić information content (AvgIpc) is 3.18. The van der Waals surface area contributed by atoms with Crippen LogP contribution in [0.1, 0.15) is 37.2 Å². The summed E-state index contributed by atoms with van der Waals surface area (Å²) < 4.78 is 5.12. The maximum absolute atomic E-state index is 12.9. The van der Waals surface area contributed by atoms with E-state index in [9.17, 15) is 19.2 Å². The summed E-state index contributed by atoms with van der Waals surface area (Å²) in [4.78, 5) is 55.9. The van der Waals surface area contributed by atoms with Crippen molar-refractivity contribution in [2.45, 2.75) is 32.7 Å². The Kier molecular flexibility index (Phi) is 8.82. The number of hydrazine groups is 1. The minimum atomic E-state index is -0.956. The summed E-state index contributed by atoms with van der Waals surface area (Å²) in [5.41, 5.74) is 8.93. The van der Waals surface area contributed by atoms with Crippen molar-refractivity contribution in [3.63, 3.8) is 0 Å². The number of H-pyrrole nitrogens is 1. The fourth-order valence-electron chi connectivity index (χ4n) is 2.92. The molecule has 2 rings (SSSR count). The van der Waals surface area contributed by atoms with E-state index in [-0.39, 0.29) is 24.6 Å². The van der Waals surface area contributed by atoms with E-state index in [4.69, 9.17) is 22.1 Å². The van der Waals surface area contributed by atoms with Gasteiger partial charge in [0, 0.05) is 24.2 Å². The first-order valence-electron chi connectivity index (χ1n) is 9.93. The predicted molar refractivity (Wildman–Crippen MR) is 117 cm³/mol. The van der Waals surface area contributed by atoms with Gasteiger partial charge in [0.25, 0.3) is 17.7 Å². The van der Waals surface area contributed by atoms with Crippen LogP contribution in [0.15, 0.2) is 18.3 Å². The lowest BCUT2D eigenvalue weighted by atomic mass is 10.0. The lowest BCUT2D eigenvalue weighted by Crippen LogP contribution is -2.55. The van der Waals surface area contributed by atoms with E-state index in [1.54, 1.807) is 18.3 Å². The number of aromatic nitrogens is 2. The van der Waals surface area contributed by atoms with Gasteiger partial charge < -0.3 is 20.8 Å². The van der Waals surface area contributed by atoms with Gasteiger partial charge in [0.2, 0.25) is 5.91 Å². The van der Waals surface area contributed by atoms with E-state index >= 15 is 0 Å². The van der Waals surface area contributed by atoms with Gasteiger partial charge in [-0.1, -0.05) is 13.8 Å². The molecular weight excluding hydrogens is 440 g/mol. The first-order valence-corrected chi connectivity index (χ1v) is 10.5. The fourth-order valence-corrected chi connectivity index (χ4v) is 3.06. The largest absolute Gasteiger partial charge is 0.482 e. The topological polar surface area (TPSA) is 160 Å². The van der Waals surface area contributed by atoms with Crippen LogP contribution in [0.2, 0.25) is 0 Å². The van der Waals surface area contributed by atoms with Crippen molar-refractivity contribution >= 4 is 35.2 Å². The Hall–Kier alpha value is -3.34. The van der Waals surface area contributed by atoms with Gasteiger partial charge in [0.1, 0.15) is 17.6 Å². The van der Waals surface area contributed by atoms with Crippen molar-refractivity contribution in [2.24, 2.45) is 11.7 Å². The van der Waals surface area contributed by atoms with Crippen molar-refractivity contribution in [1.82, 2.24) is 25.7 Å². The summed E-state index contributed by atoms with van der Waals surface area (Å²) in [6, 6.07) is 2.33. The van der Waals surface area contributed by atoms with E-state index < -0.39 is 35.6 Å². The second kappa shape index (κ2) is 11.3. The van der Waals surface area contributed by atoms with Crippen LogP contribution in [0.3, 0.4) is 0 Å². The number of nitrogens with two attached hydrogens (primary N) is 1. The second-order valence-electron chi connectivity index (χ2n) is 7.51. The summed E-state index contributed by atoms with van der Waals surface area (Å²) in [5.74, 6) is -2.25. The fraction of sp³-hybridized carbons (Fsp3) is 0.450. The highest BCUT2D eigenvalue weighted by atomic mass is 35.5. The number of methoxy groups -OCH3 is 1. The number of aromatic amines is 1. The number of nitrogens with zero attached hydrogens (tertiary/aromatic N) is 2. The lowest BCUT2D eigenvalue weighted by molar-refractivity contribution is -0.141. The van der Waals surface area contributed by atoms with Crippen molar-refractivity contribution in [1.29, 1.82) is 0 Å². The number of ether oxygens (including phenoxy) is 1. The molecule has 0 bridgehead atoms. The van der Waals surface area contributed by atoms with E-state index in [1.165, 1.54) is 7.11 Å². The average molecular weight is 467 g/mol. The summed E-state index contributed by atoms with van der Waals surface area (Å²) in [7, 11) is 1.51. The number of primary amides is 1. The molecule has 2 aliphatic rings. The zero-order chi connectivity index (χ0) is 23.8. The molecule has 0 aromatic rings. The molecule has 0 aromatic carbocycles. The molecule has 0 fully saturated rings. The zero-order valence-electron chi connectivity index (χ0n) is 18.1. The molecule has 0 aliphatic carbocycles. The third-order valence-electron chi connectivity index (χ3n) is 4.49. The Morgan fingerprint density at radius 1 is 1.28 bits per heavy atom. The van der Waals surface area contributed by atoms with Crippen molar-refractivity contribution < 1.29 is 23.9 Å². The SMILES string of the molecule is COc1cc2cc(C(=O)NC(CC(C)C)C(=O)NN(CCC(N)=O)C(=O)CCl)nc-2c[nH]1. The second-order valence-corrected chi connectivity index (χ2v) is 7.78. The van der Waals surface area contributed by atoms with Crippen molar-refractivity contribution in [3.05, 3.63) is 24.0 Å². The number of hydrogen-bond acceptors (Lipinski definition) is 6. The number of alkyl halides is 1. The van der Waals surface area contributed by atoms with Gasteiger partial charge in [0.15, 0.2) is 5.88 Å². The number of nitrogens with one attached hydrogen (secondary N) is 3. The molecule has 12 heteroatoms. The molecule has 2 aliphatic heterocycles. The van der Waals surface area contributed by atoms with Gasteiger partial charge in [-0.15, -0.1) is 11.6 Å². The highest BCUT2D eigenvalue weighted by Gasteiger charge is 2.27. The van der Waals surface area contributed by atoms with Gasteiger partial charge in [-0.05, 0) is 18.4 Å². The van der Waals surface area contributed by atoms with Crippen molar-refractivity contribution in [2.75, 3.05) is 19.5 Å². The molecule has 32 heavy (non-hydrogen) atoms. The number of hydrogen-bond donors (Lipinski definition) is 4. The van der Waals surface area contributed by atoms with Crippen LogP contribution in [0.5, 0.6) is 5.88 Å². The van der Waals surface area contributed by atoms with Crippen LogP contribution in [0.25, 0.3) is 11.3 Å². The molecule has 2 heterocycles. The van der Waals surface area contributed by atoms with Gasteiger partial charge >= 0.3 is 0 Å². The van der Waals surface area contributed by atoms with Crippen molar-refractivity contribution in [3.8, 4) is 17.1 Å². The van der Waals surface area contributed by atoms with E-state index in [0.29, 0.717) is 23.6 Å². The van der Waals surface area contributed by atoms with Crippen LogP contribution in [-0.2, 0) is 14.4 Å². The number of carbonyl (C=O) groups is 4. The van der Waals surface area contributed by atoms with Crippen LogP contribution in [0.4, 0.5) is 0 Å². The molecule has 0 spiro atoms. The quantitative estimate of drug-likeness (QED) is 0.297. The van der Waals surface area contributed by atoms with E-state index in [0.717, 1.165) is 5.01 Å². The maximum atomic E-state index is 12.9. The van der Waals surface area contributed by atoms with Gasteiger partial charge in [0.05, 0.1) is 19.3 Å². The molecular formula is C20H27ClN6O5. The predicted octanol–water partition coefficient (Wildman–Crippen LogP) is 0.642. The standard InChI is InChI=1S/C20H27ClN6O5/c1-11(2)6-13(20(31)26-27(18(29)9-21)5-4-16(22)28)25-19(30)14-7-12-8-17(32-3)23-10-15(12)24-14/h7-8,10-11,13,23H,4-6,9H2,1-3H3,(H2,22,28)(H,25,30)(H,26,31). The minimum Gasteiger partial charge on any atom is -0.482 e. The monoisotopic (exact) mass is 466 g/mol. The molecule has 4 amide bonds. The number of rotatable bonds is 10. The third-order valence-corrected chi connectivity index (χ3v) is 4.72. The first-order chi connectivity index (χ1) is 15.1. The number of pyridine rings is 1. The van der Waals surface area contributed by atoms with Gasteiger partial charge in [-0.3, -0.25) is 29.6 Å². The van der Waals surface area contributed by atoms with Crippen LogP contribution < -0.4 is 21.2 Å². The Morgan fingerprint density at radius 2 is 2.00 bits per heavy atom. The molecule has 0 aromatic heterocycles. The highest BCUT2D eigenvalue weighted by molar-refractivity contribution is 6.27. The normalized spacial score (nSPS) is 11.8. The first kappa shape index (κ1) is 24.9. The Labute approximate surface area is 190 Å². The summed E-state index contributed by atoms with van der Waals surface area (Å²) in [6.45, 7) is 3.64. The number of amides is 4. The minimum absolute atomic E-state index is 0.0550. The van der Waals surface area contributed by atoms with Crippen LogP contribution in [0, 0.1) is 5.92 Å². The van der Waals surface area contributed by atoms with Crippen LogP contribution >= 0.6 is 11.6 Å². The zero-order valence-corrected chi connectivity index (χ0v) is 18.9. The number of fused-ring (bicyclic) bond motifs is 1. The molecule has 0 saturated heterocycles. The number of carbonyl (C=O) groups excluding carboxylic acids is 4. The maximum Gasteiger partial charge on any atom is 0.270 e. The molecule has 1 atom stereocenters. The van der Waals surface area contributed by atoms with E-state index in [2.05, 4.69) is 20.7 Å². The highest BCUT2D eigenvalue weighted by Crippen LogP contribution is 2.25. The molecule has 1 unspecified atom stereocenters. The van der Waals surface area contributed by atoms with Gasteiger partial charge in [-0.25, -0.2) is 4.98 Å². The summed E-state index contributed by atoms with van der Waals surface area (Å²) in [6.07, 6.45) is 1.75. The molecule has 5 N–H and O–H groups in total. The Bertz CT molecular complexity index is 946. The van der Waals surface area contributed by atoms with E-state index in [1.807, 2.05) is 13.8 Å². The lowest BCUT2D eigenvalue weighted by Gasteiger charge is -2.26. The third kappa shape index (κ3) is 6.84. The Morgan fingerprint density at radius 3 is 2.59 bits per heavy atom. The molecule has 11 nitrogen and oxygen atoms in total.